The summed E-state index contributed by atoms with van der Waals surface area (Å²) in [4.78, 5) is 13.1. The third-order valence-electron chi connectivity index (χ3n) is 4.98. The molecule has 1 aliphatic rings. The third kappa shape index (κ3) is 4.38. The normalized spacial score (nSPS) is 15.7. The lowest BCUT2D eigenvalue weighted by molar-refractivity contribution is -0.122. The summed E-state index contributed by atoms with van der Waals surface area (Å²) in [5.41, 5.74) is 2.75. The molecule has 1 amide bonds. The Morgan fingerprint density at radius 1 is 1.03 bits per heavy atom. The first-order chi connectivity index (χ1) is 14.7. The van der Waals surface area contributed by atoms with E-state index in [1.54, 1.807) is 60.7 Å². The van der Waals surface area contributed by atoms with Crippen molar-refractivity contribution in [3.63, 3.8) is 0 Å². The minimum atomic E-state index is -3.90. The Bertz CT molecular complexity index is 1240. The number of anilines is 2. The Balaban J connectivity index is 1.70. The maximum absolute atomic E-state index is 13.4. The minimum absolute atomic E-state index is 0.153. The number of aryl methyl sites for hydroxylation is 2. The maximum atomic E-state index is 13.4. The average Bonchev–Trinajstić information content (AvgIpc) is 2.73. The number of sulfonamides is 1. The van der Waals surface area contributed by atoms with Gasteiger partial charge in [0.05, 0.1) is 17.1 Å². The summed E-state index contributed by atoms with van der Waals surface area (Å²) in [6.45, 7) is 3.61. The number of benzene rings is 3. The lowest BCUT2D eigenvalue weighted by atomic mass is 10.1. The second kappa shape index (κ2) is 8.24. The second-order valence-electron chi connectivity index (χ2n) is 7.43. The summed E-state index contributed by atoms with van der Waals surface area (Å²) in [7, 11) is -3.90. The maximum Gasteiger partial charge on any atom is 0.267 e. The first-order valence-electron chi connectivity index (χ1n) is 9.67. The minimum Gasteiger partial charge on any atom is -0.476 e. The number of amides is 1. The van der Waals surface area contributed by atoms with Crippen LogP contribution in [0.15, 0.2) is 71.6 Å². The number of carbonyl (C=O) groups is 1. The van der Waals surface area contributed by atoms with Crippen LogP contribution < -0.4 is 14.4 Å². The number of nitrogens with zero attached hydrogens (tertiary/aromatic N) is 1. The summed E-state index contributed by atoms with van der Waals surface area (Å²) in [5, 5.41) is 3.23. The molecule has 0 fully saturated rings. The van der Waals surface area contributed by atoms with Crippen molar-refractivity contribution in [2.75, 3.05) is 16.2 Å². The molecule has 1 heterocycles. The standard InChI is InChI=1S/C23H21ClN2O4S/c1-15-6-9-19(10-7-15)31(28,29)26-14-22(30-21-12-16(2)8-11-20(21)26)23(27)25-18-5-3-4-17(24)13-18/h3-13,22H,14H2,1-2H3,(H,25,27)/t22-/m1/s1. The highest BCUT2D eigenvalue weighted by molar-refractivity contribution is 7.92. The van der Waals surface area contributed by atoms with Gasteiger partial charge in [0.1, 0.15) is 5.75 Å². The van der Waals surface area contributed by atoms with E-state index >= 15 is 0 Å². The van der Waals surface area contributed by atoms with E-state index in [9.17, 15) is 13.2 Å². The number of hydrogen-bond acceptors (Lipinski definition) is 4. The molecule has 0 spiro atoms. The zero-order chi connectivity index (χ0) is 22.2. The van der Waals surface area contributed by atoms with E-state index in [0.717, 1.165) is 11.1 Å². The average molecular weight is 457 g/mol. The Labute approximate surface area is 186 Å². The number of hydrogen-bond donors (Lipinski definition) is 1. The van der Waals surface area contributed by atoms with Gasteiger partial charge >= 0.3 is 0 Å². The predicted molar refractivity (Wildman–Crippen MR) is 121 cm³/mol. The quantitative estimate of drug-likeness (QED) is 0.624. The summed E-state index contributed by atoms with van der Waals surface area (Å²) >= 11 is 5.99. The van der Waals surface area contributed by atoms with Gasteiger partial charge in [-0.25, -0.2) is 8.42 Å². The van der Waals surface area contributed by atoms with Gasteiger partial charge < -0.3 is 10.1 Å². The van der Waals surface area contributed by atoms with Crippen molar-refractivity contribution in [2.45, 2.75) is 24.8 Å². The van der Waals surface area contributed by atoms with E-state index in [4.69, 9.17) is 16.3 Å². The summed E-state index contributed by atoms with van der Waals surface area (Å²) in [6, 6.07) is 18.6. The monoisotopic (exact) mass is 456 g/mol. The molecule has 8 heteroatoms. The molecule has 31 heavy (non-hydrogen) atoms. The molecule has 0 aromatic heterocycles. The van der Waals surface area contributed by atoms with E-state index < -0.39 is 22.0 Å². The van der Waals surface area contributed by atoms with E-state index in [0.29, 0.717) is 22.1 Å². The Kier molecular flexibility index (Phi) is 5.64. The third-order valence-corrected chi connectivity index (χ3v) is 7.01. The van der Waals surface area contributed by atoms with E-state index in [1.165, 1.54) is 4.31 Å². The van der Waals surface area contributed by atoms with Crippen molar-refractivity contribution in [1.82, 2.24) is 0 Å². The fourth-order valence-electron chi connectivity index (χ4n) is 3.35. The van der Waals surface area contributed by atoms with Gasteiger partial charge in [0, 0.05) is 10.7 Å². The van der Waals surface area contributed by atoms with Gasteiger partial charge in [-0.1, -0.05) is 41.4 Å². The zero-order valence-electron chi connectivity index (χ0n) is 17.0. The second-order valence-corrected chi connectivity index (χ2v) is 9.73. The lowest BCUT2D eigenvalue weighted by Crippen LogP contribution is -2.48. The number of rotatable bonds is 4. The predicted octanol–water partition coefficient (Wildman–Crippen LogP) is 4.55. The number of fused-ring (bicyclic) bond motifs is 1. The molecule has 0 saturated heterocycles. The molecule has 0 unspecified atom stereocenters. The number of carbonyl (C=O) groups excluding carboxylic acids is 1. The van der Waals surface area contributed by atoms with Crippen molar-refractivity contribution in [3.05, 3.63) is 82.9 Å². The smallest absolute Gasteiger partial charge is 0.267 e. The Hall–Kier alpha value is -3.03. The van der Waals surface area contributed by atoms with Crippen LogP contribution in [-0.2, 0) is 14.8 Å². The summed E-state index contributed by atoms with van der Waals surface area (Å²) < 4.78 is 34.0. The van der Waals surface area contributed by atoms with Gasteiger partial charge in [-0.15, -0.1) is 0 Å². The molecule has 0 radical (unpaired) electrons. The summed E-state index contributed by atoms with van der Waals surface area (Å²) in [5.74, 6) is -0.119. The van der Waals surface area contributed by atoms with Crippen LogP contribution in [0, 0.1) is 13.8 Å². The van der Waals surface area contributed by atoms with Crippen LogP contribution in [0.3, 0.4) is 0 Å². The number of ether oxygens (including phenoxy) is 1. The van der Waals surface area contributed by atoms with Crippen LogP contribution in [0.25, 0.3) is 0 Å². The highest BCUT2D eigenvalue weighted by atomic mass is 35.5. The largest absolute Gasteiger partial charge is 0.476 e. The molecule has 0 bridgehead atoms. The number of halogens is 1. The topological polar surface area (TPSA) is 75.7 Å². The van der Waals surface area contributed by atoms with Gasteiger partial charge in [0.2, 0.25) is 0 Å². The highest BCUT2D eigenvalue weighted by Crippen LogP contribution is 2.38. The SMILES string of the molecule is Cc1ccc(S(=O)(=O)N2C[C@H](C(=O)Nc3cccc(Cl)c3)Oc3cc(C)ccc32)cc1. The van der Waals surface area contributed by atoms with E-state index in [-0.39, 0.29) is 11.4 Å². The van der Waals surface area contributed by atoms with Crippen LogP contribution in [0.1, 0.15) is 11.1 Å². The Morgan fingerprint density at radius 2 is 1.74 bits per heavy atom. The van der Waals surface area contributed by atoms with E-state index in [1.807, 2.05) is 19.9 Å². The van der Waals surface area contributed by atoms with Crippen LogP contribution in [-0.4, -0.2) is 27.0 Å². The highest BCUT2D eigenvalue weighted by Gasteiger charge is 2.37. The van der Waals surface area contributed by atoms with Crippen molar-refractivity contribution in [3.8, 4) is 5.75 Å². The molecule has 3 aromatic carbocycles. The first-order valence-corrected chi connectivity index (χ1v) is 11.5. The van der Waals surface area contributed by atoms with E-state index in [2.05, 4.69) is 5.32 Å². The fourth-order valence-corrected chi connectivity index (χ4v) is 5.02. The van der Waals surface area contributed by atoms with Crippen molar-refractivity contribution < 1.29 is 17.9 Å². The molecule has 1 atom stereocenters. The van der Waals surface area contributed by atoms with Gasteiger partial charge in [0.25, 0.3) is 15.9 Å². The van der Waals surface area contributed by atoms with Gasteiger partial charge in [0.15, 0.2) is 6.10 Å². The Morgan fingerprint density at radius 3 is 2.45 bits per heavy atom. The van der Waals surface area contributed by atoms with Crippen molar-refractivity contribution >= 4 is 38.9 Å². The molecule has 6 nitrogen and oxygen atoms in total. The molecule has 160 valence electrons. The molecule has 3 aromatic rings. The van der Waals surface area contributed by atoms with Crippen LogP contribution in [0.5, 0.6) is 5.75 Å². The van der Waals surface area contributed by atoms with Crippen LogP contribution in [0.4, 0.5) is 11.4 Å². The zero-order valence-corrected chi connectivity index (χ0v) is 18.6. The first kappa shape index (κ1) is 21.2. The van der Waals surface area contributed by atoms with Crippen LogP contribution >= 0.6 is 11.6 Å². The van der Waals surface area contributed by atoms with Crippen molar-refractivity contribution in [1.29, 1.82) is 0 Å². The lowest BCUT2D eigenvalue weighted by Gasteiger charge is -2.35. The molecule has 1 aliphatic heterocycles. The fraction of sp³-hybridized carbons (Fsp3) is 0.174. The number of nitrogens with one attached hydrogen (secondary N) is 1. The van der Waals surface area contributed by atoms with Crippen LogP contribution in [0.2, 0.25) is 5.02 Å². The molecular formula is C23H21ClN2O4S. The summed E-state index contributed by atoms with van der Waals surface area (Å²) in [6.07, 6.45) is -1.03. The molecule has 0 aliphatic carbocycles. The molecule has 1 N–H and O–H groups in total. The molecular weight excluding hydrogens is 436 g/mol. The van der Waals surface area contributed by atoms with Crippen molar-refractivity contribution in [2.24, 2.45) is 0 Å². The van der Waals surface area contributed by atoms with Gasteiger partial charge in [-0.2, -0.15) is 0 Å². The molecule has 0 saturated carbocycles. The molecule has 4 rings (SSSR count). The van der Waals surface area contributed by atoms with Gasteiger partial charge in [-0.3, -0.25) is 9.10 Å². The van der Waals surface area contributed by atoms with Gasteiger partial charge in [-0.05, 0) is 61.9 Å².